The van der Waals surface area contributed by atoms with Crippen LogP contribution in [-0.2, 0) is 0 Å². The Bertz CT molecular complexity index is 379. The van der Waals surface area contributed by atoms with Crippen LogP contribution in [0.1, 0.15) is 30.8 Å². The molecule has 0 radical (unpaired) electrons. The minimum Gasteiger partial charge on any atom is -0.388 e. The predicted octanol–water partition coefficient (Wildman–Crippen LogP) is -0.0504. The lowest BCUT2D eigenvalue weighted by atomic mass is 10.0. The van der Waals surface area contributed by atoms with E-state index in [1.807, 2.05) is 6.92 Å². The summed E-state index contributed by atoms with van der Waals surface area (Å²) in [6, 6.07) is 0. The van der Waals surface area contributed by atoms with E-state index in [9.17, 15) is 9.90 Å². The van der Waals surface area contributed by atoms with Gasteiger partial charge in [-0.25, -0.2) is 9.97 Å². The average Bonchev–Trinajstić information content (AvgIpc) is 2.27. The SMILES string of the molecule is CCC(C)(O)CNC(=O)c1nccnc1N. The molecule has 1 rings (SSSR count). The molecule has 1 heterocycles. The van der Waals surface area contributed by atoms with Crippen molar-refractivity contribution in [1.29, 1.82) is 0 Å². The largest absolute Gasteiger partial charge is 0.388 e. The Labute approximate surface area is 93.9 Å². The fourth-order valence-electron chi connectivity index (χ4n) is 1.00. The van der Waals surface area contributed by atoms with Crippen molar-refractivity contribution >= 4 is 11.7 Å². The van der Waals surface area contributed by atoms with Crippen LogP contribution in [0.2, 0.25) is 0 Å². The molecular weight excluding hydrogens is 208 g/mol. The predicted molar refractivity (Wildman–Crippen MR) is 59.7 cm³/mol. The summed E-state index contributed by atoms with van der Waals surface area (Å²) in [5.41, 5.74) is 4.65. The monoisotopic (exact) mass is 224 g/mol. The van der Waals surface area contributed by atoms with Crippen molar-refractivity contribution in [1.82, 2.24) is 15.3 Å². The second-order valence-electron chi connectivity index (χ2n) is 3.82. The Kier molecular flexibility index (Phi) is 3.78. The zero-order valence-electron chi connectivity index (χ0n) is 9.40. The zero-order valence-corrected chi connectivity index (χ0v) is 9.40. The van der Waals surface area contributed by atoms with Crippen molar-refractivity contribution in [2.45, 2.75) is 25.9 Å². The first-order valence-electron chi connectivity index (χ1n) is 5.03. The number of hydrogen-bond donors (Lipinski definition) is 3. The molecule has 0 aliphatic heterocycles. The number of aromatic nitrogens is 2. The summed E-state index contributed by atoms with van der Waals surface area (Å²) in [5, 5.41) is 12.3. The topological polar surface area (TPSA) is 101 Å². The third-order valence-corrected chi connectivity index (χ3v) is 2.33. The molecule has 1 aromatic rings. The Morgan fingerprint density at radius 3 is 2.75 bits per heavy atom. The highest BCUT2D eigenvalue weighted by molar-refractivity contribution is 5.96. The summed E-state index contributed by atoms with van der Waals surface area (Å²) >= 11 is 0. The number of anilines is 1. The molecule has 0 aliphatic carbocycles. The molecule has 6 nitrogen and oxygen atoms in total. The number of nitrogens with two attached hydrogens (primary N) is 1. The van der Waals surface area contributed by atoms with Crippen LogP contribution in [0.25, 0.3) is 0 Å². The van der Waals surface area contributed by atoms with Crippen LogP contribution in [0.4, 0.5) is 5.82 Å². The number of amides is 1. The van der Waals surface area contributed by atoms with Crippen LogP contribution in [0.5, 0.6) is 0 Å². The third kappa shape index (κ3) is 3.16. The quantitative estimate of drug-likeness (QED) is 0.665. The Balaban J connectivity index is 2.64. The number of hydrogen-bond acceptors (Lipinski definition) is 5. The molecule has 0 aliphatic rings. The van der Waals surface area contributed by atoms with Gasteiger partial charge in [-0.05, 0) is 13.3 Å². The fraction of sp³-hybridized carbons (Fsp3) is 0.500. The molecular formula is C10H16N4O2. The molecule has 1 aromatic heterocycles. The summed E-state index contributed by atoms with van der Waals surface area (Å²) in [4.78, 5) is 19.2. The number of nitrogen functional groups attached to an aromatic ring is 1. The van der Waals surface area contributed by atoms with E-state index >= 15 is 0 Å². The van der Waals surface area contributed by atoms with Gasteiger partial charge in [-0.2, -0.15) is 0 Å². The molecule has 16 heavy (non-hydrogen) atoms. The summed E-state index contributed by atoms with van der Waals surface area (Å²) < 4.78 is 0. The van der Waals surface area contributed by atoms with E-state index in [-0.39, 0.29) is 18.1 Å². The normalized spacial score (nSPS) is 14.2. The van der Waals surface area contributed by atoms with E-state index in [4.69, 9.17) is 5.73 Å². The maximum absolute atomic E-state index is 11.6. The van der Waals surface area contributed by atoms with Gasteiger partial charge in [-0.15, -0.1) is 0 Å². The van der Waals surface area contributed by atoms with Gasteiger partial charge in [0, 0.05) is 18.9 Å². The number of nitrogens with zero attached hydrogens (tertiary/aromatic N) is 2. The van der Waals surface area contributed by atoms with Crippen LogP contribution < -0.4 is 11.1 Å². The van der Waals surface area contributed by atoms with Crippen LogP contribution in [0.15, 0.2) is 12.4 Å². The lowest BCUT2D eigenvalue weighted by Gasteiger charge is -2.21. The van der Waals surface area contributed by atoms with E-state index in [0.717, 1.165) is 0 Å². The Hall–Kier alpha value is -1.69. The summed E-state index contributed by atoms with van der Waals surface area (Å²) in [7, 11) is 0. The molecule has 0 bridgehead atoms. The zero-order chi connectivity index (χ0) is 12.2. The maximum Gasteiger partial charge on any atom is 0.273 e. The molecule has 4 N–H and O–H groups in total. The first-order valence-corrected chi connectivity index (χ1v) is 5.03. The minimum absolute atomic E-state index is 0.0782. The van der Waals surface area contributed by atoms with Crippen molar-refractivity contribution in [3.8, 4) is 0 Å². The molecule has 0 saturated heterocycles. The van der Waals surface area contributed by atoms with E-state index in [1.165, 1.54) is 12.4 Å². The molecule has 0 fully saturated rings. The minimum atomic E-state index is -0.924. The van der Waals surface area contributed by atoms with Crippen molar-refractivity contribution < 1.29 is 9.90 Å². The van der Waals surface area contributed by atoms with Crippen molar-refractivity contribution in [3.63, 3.8) is 0 Å². The highest BCUT2D eigenvalue weighted by Crippen LogP contribution is 2.07. The van der Waals surface area contributed by atoms with Crippen LogP contribution in [-0.4, -0.2) is 33.1 Å². The number of nitrogens with one attached hydrogen (secondary N) is 1. The van der Waals surface area contributed by atoms with Gasteiger partial charge in [0.25, 0.3) is 5.91 Å². The van der Waals surface area contributed by atoms with Gasteiger partial charge in [0.1, 0.15) is 0 Å². The average molecular weight is 224 g/mol. The van der Waals surface area contributed by atoms with Crippen LogP contribution >= 0.6 is 0 Å². The lowest BCUT2D eigenvalue weighted by molar-refractivity contribution is 0.0517. The van der Waals surface area contributed by atoms with Gasteiger partial charge in [0.2, 0.25) is 0 Å². The molecule has 0 spiro atoms. The van der Waals surface area contributed by atoms with E-state index in [0.29, 0.717) is 6.42 Å². The van der Waals surface area contributed by atoms with Gasteiger partial charge in [0.15, 0.2) is 11.5 Å². The third-order valence-electron chi connectivity index (χ3n) is 2.33. The maximum atomic E-state index is 11.6. The molecule has 88 valence electrons. The smallest absolute Gasteiger partial charge is 0.273 e. The fourth-order valence-corrected chi connectivity index (χ4v) is 1.00. The first kappa shape index (κ1) is 12.4. The molecule has 0 saturated carbocycles. The molecule has 1 unspecified atom stereocenters. The standard InChI is InChI=1S/C10H16N4O2/c1-3-10(2,16)6-14-9(15)7-8(11)13-5-4-12-7/h4-5,16H,3,6H2,1-2H3,(H2,11,13)(H,14,15). The van der Waals surface area contributed by atoms with Gasteiger partial charge in [-0.1, -0.05) is 6.92 Å². The molecule has 1 amide bonds. The first-order chi connectivity index (χ1) is 7.46. The van der Waals surface area contributed by atoms with Gasteiger partial charge >= 0.3 is 0 Å². The van der Waals surface area contributed by atoms with Gasteiger partial charge in [0.05, 0.1) is 5.60 Å². The van der Waals surface area contributed by atoms with Crippen molar-refractivity contribution in [3.05, 3.63) is 18.1 Å². The van der Waals surface area contributed by atoms with E-state index < -0.39 is 11.5 Å². The highest BCUT2D eigenvalue weighted by Gasteiger charge is 2.20. The Morgan fingerprint density at radius 2 is 2.19 bits per heavy atom. The number of rotatable bonds is 4. The van der Waals surface area contributed by atoms with Crippen LogP contribution in [0.3, 0.4) is 0 Å². The second kappa shape index (κ2) is 4.89. The van der Waals surface area contributed by atoms with E-state index in [1.54, 1.807) is 6.92 Å². The second-order valence-corrected chi connectivity index (χ2v) is 3.82. The summed E-state index contributed by atoms with van der Waals surface area (Å²) in [5.74, 6) is -0.351. The molecule has 6 heteroatoms. The Morgan fingerprint density at radius 1 is 1.56 bits per heavy atom. The number of carbonyl (C=O) groups excluding carboxylic acids is 1. The van der Waals surface area contributed by atoms with Crippen molar-refractivity contribution in [2.75, 3.05) is 12.3 Å². The number of carbonyl (C=O) groups is 1. The molecule has 1 atom stereocenters. The lowest BCUT2D eigenvalue weighted by Crippen LogP contribution is -2.40. The van der Waals surface area contributed by atoms with Gasteiger partial charge in [-0.3, -0.25) is 4.79 Å². The summed E-state index contributed by atoms with van der Waals surface area (Å²) in [6.07, 6.45) is 3.35. The van der Waals surface area contributed by atoms with Gasteiger partial charge < -0.3 is 16.2 Å². The number of aliphatic hydroxyl groups is 1. The molecule has 0 aromatic carbocycles. The van der Waals surface area contributed by atoms with Crippen molar-refractivity contribution in [2.24, 2.45) is 0 Å². The van der Waals surface area contributed by atoms with E-state index in [2.05, 4.69) is 15.3 Å². The van der Waals surface area contributed by atoms with Crippen LogP contribution in [0, 0.1) is 0 Å². The highest BCUT2D eigenvalue weighted by atomic mass is 16.3. The summed E-state index contributed by atoms with van der Waals surface area (Å²) in [6.45, 7) is 3.63.